The molecule has 0 atom stereocenters. The lowest BCUT2D eigenvalue weighted by Gasteiger charge is -2.29. The number of fused-ring (bicyclic) bond motifs is 1. The van der Waals surface area contributed by atoms with Crippen molar-refractivity contribution in [2.75, 3.05) is 6.54 Å². The Bertz CT molecular complexity index is 939. The van der Waals surface area contributed by atoms with Crippen molar-refractivity contribution < 1.29 is 9.18 Å². The van der Waals surface area contributed by atoms with Gasteiger partial charge in [-0.15, -0.1) is 0 Å². The van der Waals surface area contributed by atoms with E-state index in [2.05, 4.69) is 9.55 Å². The molecule has 0 aliphatic carbocycles. The second-order valence-corrected chi connectivity index (χ2v) is 6.34. The van der Waals surface area contributed by atoms with E-state index in [0.29, 0.717) is 25.2 Å². The lowest BCUT2D eigenvalue weighted by Crippen LogP contribution is -2.38. The molecule has 1 aliphatic rings. The first-order chi connectivity index (χ1) is 12.1. The predicted molar refractivity (Wildman–Crippen MR) is 93.8 cm³/mol. The quantitative estimate of drug-likeness (QED) is 0.697. The molecule has 0 saturated carbocycles. The smallest absolute Gasteiger partial charge is 0.255 e. The van der Waals surface area contributed by atoms with Crippen LogP contribution in [0.5, 0.6) is 0 Å². The van der Waals surface area contributed by atoms with Crippen molar-refractivity contribution in [2.24, 2.45) is 0 Å². The maximum absolute atomic E-state index is 13.2. The number of carbonyl (C=O) groups excluding carboxylic acids is 1. The molecule has 0 saturated heterocycles. The fourth-order valence-electron chi connectivity index (χ4n) is 3.11. The first-order valence-corrected chi connectivity index (χ1v) is 8.35. The molecule has 2 heterocycles. The van der Waals surface area contributed by atoms with Gasteiger partial charge in [0.15, 0.2) is 0 Å². The van der Waals surface area contributed by atoms with Crippen LogP contribution in [0.15, 0.2) is 54.7 Å². The molecule has 0 fully saturated rings. The molecule has 0 N–H and O–H groups in total. The lowest BCUT2D eigenvalue weighted by atomic mass is 10.1. The number of rotatable bonds is 2. The summed E-state index contributed by atoms with van der Waals surface area (Å²) >= 11 is 6.02. The number of carbonyl (C=O) groups is 1. The molecule has 126 valence electrons. The van der Waals surface area contributed by atoms with E-state index >= 15 is 0 Å². The highest BCUT2D eigenvalue weighted by Crippen LogP contribution is 2.26. The van der Waals surface area contributed by atoms with E-state index in [1.54, 1.807) is 4.90 Å². The third kappa shape index (κ3) is 2.91. The Hall–Kier alpha value is -2.66. The van der Waals surface area contributed by atoms with Gasteiger partial charge in [0.25, 0.3) is 5.91 Å². The highest BCUT2D eigenvalue weighted by molar-refractivity contribution is 6.33. The van der Waals surface area contributed by atoms with Crippen LogP contribution in [0.2, 0.25) is 5.02 Å². The summed E-state index contributed by atoms with van der Waals surface area (Å²) in [6, 6.07) is 13.9. The molecule has 0 radical (unpaired) electrons. The lowest BCUT2D eigenvalue weighted by molar-refractivity contribution is 0.0708. The van der Waals surface area contributed by atoms with E-state index in [0.717, 1.165) is 23.1 Å². The van der Waals surface area contributed by atoms with Crippen LogP contribution in [0.1, 0.15) is 16.2 Å². The number of hydrogen-bond acceptors (Lipinski definition) is 2. The minimum Gasteiger partial charge on any atom is -0.329 e. The molecule has 1 amide bonds. The second kappa shape index (κ2) is 6.33. The van der Waals surface area contributed by atoms with Crippen molar-refractivity contribution in [2.45, 2.75) is 13.1 Å². The normalized spacial score (nSPS) is 13.6. The second-order valence-electron chi connectivity index (χ2n) is 5.93. The fraction of sp³-hybridized carbons (Fsp3) is 0.158. The molecule has 1 aliphatic heterocycles. The van der Waals surface area contributed by atoms with Gasteiger partial charge in [-0.3, -0.25) is 4.79 Å². The van der Waals surface area contributed by atoms with Gasteiger partial charge < -0.3 is 9.47 Å². The number of nitrogens with zero attached hydrogens (tertiary/aromatic N) is 3. The number of hydrogen-bond donors (Lipinski definition) is 0. The van der Waals surface area contributed by atoms with Gasteiger partial charge in [0.05, 0.1) is 29.0 Å². The molecule has 6 heteroatoms. The van der Waals surface area contributed by atoms with Crippen LogP contribution in [0, 0.1) is 5.82 Å². The molecule has 0 spiro atoms. The summed E-state index contributed by atoms with van der Waals surface area (Å²) in [5.41, 5.74) is 2.46. The number of halogens is 2. The molecule has 0 bridgehead atoms. The van der Waals surface area contributed by atoms with E-state index in [4.69, 9.17) is 11.6 Å². The van der Waals surface area contributed by atoms with Crippen molar-refractivity contribution in [3.8, 4) is 11.3 Å². The van der Waals surface area contributed by atoms with Crippen LogP contribution in [-0.4, -0.2) is 26.9 Å². The van der Waals surface area contributed by atoms with Crippen molar-refractivity contribution in [3.05, 3.63) is 77.0 Å². The maximum Gasteiger partial charge on any atom is 0.255 e. The summed E-state index contributed by atoms with van der Waals surface area (Å²) < 4.78 is 15.3. The van der Waals surface area contributed by atoms with E-state index < -0.39 is 5.82 Å². The van der Waals surface area contributed by atoms with E-state index in [9.17, 15) is 9.18 Å². The Morgan fingerprint density at radius 3 is 2.68 bits per heavy atom. The van der Waals surface area contributed by atoms with Crippen LogP contribution in [-0.2, 0) is 13.1 Å². The monoisotopic (exact) mass is 355 g/mol. The molecular formula is C19H15ClFN3O. The number of aromatic nitrogens is 2. The molecule has 2 aromatic carbocycles. The summed E-state index contributed by atoms with van der Waals surface area (Å²) in [5.74, 6) is 0.167. The molecule has 4 nitrogen and oxygen atoms in total. The summed E-state index contributed by atoms with van der Waals surface area (Å²) in [4.78, 5) is 18.9. The zero-order valence-corrected chi connectivity index (χ0v) is 14.1. The Balaban J connectivity index is 1.60. The molecule has 4 rings (SSSR count). The van der Waals surface area contributed by atoms with E-state index in [-0.39, 0.29) is 10.9 Å². The summed E-state index contributed by atoms with van der Waals surface area (Å²) in [6.45, 7) is 1.61. The van der Waals surface area contributed by atoms with Crippen molar-refractivity contribution >= 4 is 17.5 Å². The van der Waals surface area contributed by atoms with E-state index in [1.165, 1.54) is 12.1 Å². The van der Waals surface area contributed by atoms with Gasteiger partial charge in [-0.05, 0) is 23.8 Å². The van der Waals surface area contributed by atoms with Crippen LogP contribution < -0.4 is 0 Å². The minimum absolute atomic E-state index is 0.129. The zero-order chi connectivity index (χ0) is 17.4. The zero-order valence-electron chi connectivity index (χ0n) is 13.3. The highest BCUT2D eigenvalue weighted by Gasteiger charge is 2.25. The summed E-state index contributed by atoms with van der Waals surface area (Å²) in [6.07, 6.45) is 1.84. The van der Waals surface area contributed by atoms with Gasteiger partial charge in [-0.2, -0.15) is 0 Å². The van der Waals surface area contributed by atoms with Gasteiger partial charge in [0, 0.05) is 13.1 Å². The van der Waals surface area contributed by atoms with Crippen LogP contribution in [0.4, 0.5) is 4.39 Å². The average Bonchev–Trinajstić information content (AvgIpc) is 3.05. The SMILES string of the molecule is O=C(c1ccc(F)cc1Cl)N1CCn2c(-c3ccccc3)cnc2C1. The van der Waals surface area contributed by atoms with Crippen molar-refractivity contribution in [1.82, 2.24) is 14.5 Å². The van der Waals surface area contributed by atoms with Crippen molar-refractivity contribution in [1.29, 1.82) is 0 Å². The average molecular weight is 356 g/mol. The maximum atomic E-state index is 13.2. The van der Waals surface area contributed by atoms with E-state index in [1.807, 2.05) is 36.5 Å². The van der Waals surface area contributed by atoms with Gasteiger partial charge in [0.1, 0.15) is 11.6 Å². The predicted octanol–water partition coefficient (Wildman–Crippen LogP) is 4.00. The Kier molecular flexibility index (Phi) is 4.01. The minimum atomic E-state index is -0.455. The Morgan fingerprint density at radius 1 is 1.12 bits per heavy atom. The number of benzene rings is 2. The third-order valence-corrected chi connectivity index (χ3v) is 4.70. The standard InChI is InChI=1S/C19H15ClFN3O/c20-16-10-14(21)6-7-15(16)19(25)23-8-9-24-17(11-22-18(24)12-23)13-4-2-1-3-5-13/h1-7,10-11H,8-9,12H2. The third-order valence-electron chi connectivity index (χ3n) is 4.38. The van der Waals surface area contributed by atoms with Gasteiger partial charge >= 0.3 is 0 Å². The first-order valence-electron chi connectivity index (χ1n) is 7.97. The van der Waals surface area contributed by atoms with Crippen LogP contribution in [0.25, 0.3) is 11.3 Å². The molecule has 3 aromatic rings. The molecular weight excluding hydrogens is 341 g/mol. The number of amides is 1. The molecule has 25 heavy (non-hydrogen) atoms. The largest absolute Gasteiger partial charge is 0.329 e. The Morgan fingerprint density at radius 2 is 1.92 bits per heavy atom. The van der Waals surface area contributed by atoms with Crippen LogP contribution in [0.3, 0.4) is 0 Å². The summed E-state index contributed by atoms with van der Waals surface area (Å²) in [7, 11) is 0. The molecule has 1 aromatic heterocycles. The first kappa shape index (κ1) is 15.8. The topological polar surface area (TPSA) is 38.1 Å². The van der Waals surface area contributed by atoms with Gasteiger partial charge in [-0.1, -0.05) is 41.9 Å². The van der Waals surface area contributed by atoms with Gasteiger partial charge in [-0.25, -0.2) is 9.37 Å². The van der Waals surface area contributed by atoms with Gasteiger partial charge in [0.2, 0.25) is 0 Å². The number of imidazole rings is 1. The van der Waals surface area contributed by atoms with Crippen LogP contribution >= 0.6 is 11.6 Å². The summed E-state index contributed by atoms with van der Waals surface area (Å²) in [5, 5.41) is 0.129. The fourth-order valence-corrected chi connectivity index (χ4v) is 3.35. The Labute approximate surface area is 149 Å². The van der Waals surface area contributed by atoms with Crippen molar-refractivity contribution in [3.63, 3.8) is 0 Å². The highest BCUT2D eigenvalue weighted by atomic mass is 35.5. The molecule has 0 unspecified atom stereocenters.